The zero-order chi connectivity index (χ0) is 14.0. The number of aliphatic hydroxyl groups is 1. The maximum absolute atomic E-state index is 10.3. The summed E-state index contributed by atoms with van der Waals surface area (Å²) in [6.45, 7) is 4.11. The number of hydrogen-bond acceptors (Lipinski definition) is 1. The molecule has 2 aromatic carbocycles. The van der Waals surface area contributed by atoms with Gasteiger partial charge in [0, 0.05) is 16.5 Å². The lowest BCUT2D eigenvalue weighted by Gasteiger charge is -2.13. The highest BCUT2D eigenvalue weighted by Gasteiger charge is 2.11. The molecule has 0 heterocycles. The van der Waals surface area contributed by atoms with E-state index in [0.29, 0.717) is 16.5 Å². The highest BCUT2D eigenvalue weighted by Crippen LogP contribution is 2.26. The summed E-state index contributed by atoms with van der Waals surface area (Å²) in [6, 6.07) is 11.5. The molecule has 0 saturated carbocycles. The second kappa shape index (κ2) is 5.96. The molecule has 1 N–H and O–H groups in total. The van der Waals surface area contributed by atoms with Crippen LogP contribution in [-0.2, 0) is 6.42 Å². The molecule has 0 amide bonds. The van der Waals surface area contributed by atoms with E-state index in [1.807, 2.05) is 0 Å². The maximum atomic E-state index is 10.3. The van der Waals surface area contributed by atoms with Crippen LogP contribution in [0.1, 0.15) is 28.4 Å². The van der Waals surface area contributed by atoms with Crippen molar-refractivity contribution in [3.8, 4) is 0 Å². The summed E-state index contributed by atoms with van der Waals surface area (Å²) in [7, 11) is 0. The highest BCUT2D eigenvalue weighted by atomic mass is 35.5. The average molecular weight is 295 g/mol. The van der Waals surface area contributed by atoms with Gasteiger partial charge >= 0.3 is 0 Å². The van der Waals surface area contributed by atoms with Gasteiger partial charge in [0.2, 0.25) is 0 Å². The van der Waals surface area contributed by atoms with Crippen molar-refractivity contribution in [2.24, 2.45) is 0 Å². The first-order valence-electron chi connectivity index (χ1n) is 6.15. The van der Waals surface area contributed by atoms with Crippen LogP contribution in [0.25, 0.3) is 0 Å². The zero-order valence-electron chi connectivity index (χ0n) is 11.0. The number of halogens is 2. The second-order valence-electron chi connectivity index (χ2n) is 4.92. The first-order chi connectivity index (χ1) is 8.94. The largest absolute Gasteiger partial charge is 0.388 e. The minimum atomic E-state index is -0.600. The van der Waals surface area contributed by atoms with Gasteiger partial charge in [0.05, 0.1) is 6.10 Å². The van der Waals surface area contributed by atoms with Gasteiger partial charge in [0.1, 0.15) is 0 Å². The van der Waals surface area contributed by atoms with Gasteiger partial charge in [-0.2, -0.15) is 0 Å². The molecule has 1 atom stereocenters. The van der Waals surface area contributed by atoms with Crippen LogP contribution in [-0.4, -0.2) is 5.11 Å². The van der Waals surface area contributed by atoms with Crippen LogP contribution in [0.5, 0.6) is 0 Å². The van der Waals surface area contributed by atoms with E-state index in [4.69, 9.17) is 23.2 Å². The molecule has 19 heavy (non-hydrogen) atoms. The molecule has 0 spiro atoms. The Hall–Kier alpha value is -1.02. The summed E-state index contributed by atoms with van der Waals surface area (Å²) in [6.07, 6.45) is -0.0449. The first-order valence-corrected chi connectivity index (χ1v) is 6.91. The molecule has 1 nitrogen and oxygen atoms in total. The Morgan fingerprint density at radius 2 is 1.42 bits per heavy atom. The van der Waals surface area contributed by atoms with Gasteiger partial charge in [0.25, 0.3) is 0 Å². The maximum Gasteiger partial charge on any atom is 0.0831 e. The average Bonchev–Trinajstić information content (AvgIpc) is 2.25. The van der Waals surface area contributed by atoms with Crippen LogP contribution in [0.2, 0.25) is 10.0 Å². The van der Waals surface area contributed by atoms with Crippen LogP contribution in [0.4, 0.5) is 0 Å². The molecule has 0 aliphatic carbocycles. The lowest BCUT2D eigenvalue weighted by molar-refractivity contribution is 0.178. The van der Waals surface area contributed by atoms with Crippen molar-refractivity contribution in [2.45, 2.75) is 26.4 Å². The monoisotopic (exact) mass is 294 g/mol. The molecule has 3 heteroatoms. The fourth-order valence-electron chi connectivity index (χ4n) is 2.30. The van der Waals surface area contributed by atoms with Gasteiger partial charge in [-0.3, -0.25) is 0 Å². The minimum Gasteiger partial charge on any atom is -0.388 e. The van der Waals surface area contributed by atoms with E-state index in [0.717, 1.165) is 11.1 Å². The number of benzene rings is 2. The summed E-state index contributed by atoms with van der Waals surface area (Å²) in [4.78, 5) is 0. The Balaban J connectivity index is 2.22. The Labute approximate surface area is 123 Å². The van der Waals surface area contributed by atoms with E-state index in [-0.39, 0.29) is 0 Å². The molecule has 0 aliphatic heterocycles. The Morgan fingerprint density at radius 3 is 1.95 bits per heavy atom. The van der Waals surface area contributed by atoms with Crippen molar-refractivity contribution >= 4 is 23.2 Å². The molecule has 0 bridgehead atoms. The molecule has 0 saturated heterocycles. The van der Waals surface area contributed by atoms with Gasteiger partial charge in [-0.15, -0.1) is 0 Å². The zero-order valence-corrected chi connectivity index (χ0v) is 12.5. The van der Waals surface area contributed by atoms with E-state index in [2.05, 4.69) is 32.0 Å². The summed E-state index contributed by atoms with van der Waals surface area (Å²) >= 11 is 11.9. The van der Waals surface area contributed by atoms with Gasteiger partial charge in [-0.05, 0) is 43.2 Å². The summed E-state index contributed by atoms with van der Waals surface area (Å²) < 4.78 is 0. The SMILES string of the molecule is Cc1cc(C)cc(CC(O)c2cc(Cl)cc(Cl)c2)c1. The van der Waals surface area contributed by atoms with Crippen molar-refractivity contribution in [2.75, 3.05) is 0 Å². The molecule has 2 aromatic rings. The lowest BCUT2D eigenvalue weighted by Crippen LogP contribution is -2.02. The number of aryl methyl sites for hydroxylation is 2. The predicted octanol–water partition coefficient (Wildman–Crippen LogP) is 4.89. The fourth-order valence-corrected chi connectivity index (χ4v) is 2.84. The third-order valence-electron chi connectivity index (χ3n) is 2.98. The molecular weight excluding hydrogens is 279 g/mol. The van der Waals surface area contributed by atoms with Gasteiger partial charge in [-0.25, -0.2) is 0 Å². The van der Waals surface area contributed by atoms with Crippen molar-refractivity contribution < 1.29 is 5.11 Å². The lowest BCUT2D eigenvalue weighted by atomic mass is 9.98. The Kier molecular flexibility index (Phi) is 4.51. The van der Waals surface area contributed by atoms with E-state index in [9.17, 15) is 5.11 Å². The number of hydrogen-bond donors (Lipinski definition) is 1. The normalized spacial score (nSPS) is 12.5. The van der Waals surface area contributed by atoms with E-state index in [1.165, 1.54) is 11.1 Å². The fraction of sp³-hybridized carbons (Fsp3) is 0.250. The summed E-state index contributed by atoms with van der Waals surface area (Å²) in [5, 5.41) is 11.4. The van der Waals surface area contributed by atoms with Gasteiger partial charge in [-0.1, -0.05) is 52.5 Å². The van der Waals surface area contributed by atoms with Crippen LogP contribution < -0.4 is 0 Å². The standard InChI is InChI=1S/C16H16Cl2O/c1-10-3-11(2)5-12(4-10)6-16(19)13-7-14(17)9-15(18)8-13/h3-5,7-9,16,19H,6H2,1-2H3. The van der Waals surface area contributed by atoms with E-state index >= 15 is 0 Å². The summed E-state index contributed by atoms with van der Waals surface area (Å²) in [5.74, 6) is 0. The van der Waals surface area contributed by atoms with Gasteiger partial charge < -0.3 is 5.11 Å². The second-order valence-corrected chi connectivity index (χ2v) is 5.79. The smallest absolute Gasteiger partial charge is 0.0831 e. The van der Waals surface area contributed by atoms with Crippen LogP contribution in [0.3, 0.4) is 0 Å². The third-order valence-corrected chi connectivity index (χ3v) is 3.42. The summed E-state index contributed by atoms with van der Waals surface area (Å²) in [5.41, 5.74) is 4.26. The molecule has 2 rings (SSSR count). The molecule has 1 unspecified atom stereocenters. The van der Waals surface area contributed by atoms with Crippen LogP contribution >= 0.6 is 23.2 Å². The van der Waals surface area contributed by atoms with E-state index in [1.54, 1.807) is 18.2 Å². The first kappa shape index (κ1) is 14.4. The van der Waals surface area contributed by atoms with E-state index < -0.39 is 6.10 Å². The molecule has 0 aliphatic rings. The minimum absolute atomic E-state index is 0.543. The topological polar surface area (TPSA) is 20.2 Å². The third kappa shape index (κ3) is 3.97. The Morgan fingerprint density at radius 1 is 0.895 bits per heavy atom. The van der Waals surface area contributed by atoms with Crippen molar-refractivity contribution in [1.82, 2.24) is 0 Å². The van der Waals surface area contributed by atoms with Gasteiger partial charge in [0.15, 0.2) is 0 Å². The molecule has 0 radical (unpaired) electrons. The Bertz CT molecular complexity index is 553. The predicted molar refractivity (Wildman–Crippen MR) is 81.0 cm³/mol. The highest BCUT2D eigenvalue weighted by molar-refractivity contribution is 6.34. The quantitative estimate of drug-likeness (QED) is 0.855. The molecule has 0 aromatic heterocycles. The van der Waals surface area contributed by atoms with Crippen molar-refractivity contribution in [1.29, 1.82) is 0 Å². The van der Waals surface area contributed by atoms with Crippen LogP contribution in [0, 0.1) is 13.8 Å². The van der Waals surface area contributed by atoms with Crippen LogP contribution in [0.15, 0.2) is 36.4 Å². The molecular formula is C16H16Cl2O. The molecule has 0 fully saturated rings. The van der Waals surface area contributed by atoms with Crippen molar-refractivity contribution in [3.05, 3.63) is 68.7 Å². The number of aliphatic hydroxyl groups excluding tert-OH is 1. The van der Waals surface area contributed by atoms with Crippen molar-refractivity contribution in [3.63, 3.8) is 0 Å². The number of rotatable bonds is 3. The molecule has 100 valence electrons.